The highest BCUT2D eigenvalue weighted by Crippen LogP contribution is 2.36. The highest BCUT2D eigenvalue weighted by Gasteiger charge is 2.28. The summed E-state index contributed by atoms with van der Waals surface area (Å²) in [4.78, 5) is 7.27. The van der Waals surface area contributed by atoms with Crippen LogP contribution >= 0.6 is 57.4 Å². The average molecular weight is 355 g/mol. The van der Waals surface area contributed by atoms with E-state index in [1.807, 2.05) is 0 Å². The molecule has 0 N–H and O–H groups in total. The van der Waals surface area contributed by atoms with E-state index in [-0.39, 0.29) is 5.82 Å². The molecule has 0 aromatic carbocycles. The lowest BCUT2D eigenvalue weighted by atomic mass is 10.4. The monoisotopic (exact) mass is 354 g/mol. The van der Waals surface area contributed by atoms with Crippen LogP contribution in [0.4, 0.5) is 4.39 Å². The zero-order chi connectivity index (χ0) is 10.2. The Bertz CT molecular complexity index is 316. The van der Waals surface area contributed by atoms with Crippen LogP contribution < -0.4 is 0 Å². The maximum absolute atomic E-state index is 13.0. The van der Waals surface area contributed by atoms with Gasteiger partial charge in [0.05, 0.1) is 9.26 Å². The lowest BCUT2D eigenvalue weighted by molar-refractivity contribution is 0.559. The van der Waals surface area contributed by atoms with Crippen LogP contribution in [0.15, 0.2) is 0 Å². The minimum absolute atomic E-state index is 0.145. The minimum atomic E-state index is -1.78. The van der Waals surface area contributed by atoms with Crippen LogP contribution in [-0.2, 0) is 3.79 Å². The van der Waals surface area contributed by atoms with Gasteiger partial charge in [-0.3, -0.25) is 0 Å². The Morgan fingerprint density at radius 2 is 1.85 bits per heavy atom. The van der Waals surface area contributed by atoms with E-state index in [0.29, 0.717) is 9.26 Å². The van der Waals surface area contributed by atoms with Crippen molar-refractivity contribution in [2.75, 3.05) is 0 Å². The summed E-state index contributed by atoms with van der Waals surface area (Å²) in [6.07, 6.45) is 0. The molecule has 0 saturated carbocycles. The van der Waals surface area contributed by atoms with Crippen LogP contribution in [0, 0.1) is 16.4 Å². The molecular formula is C6H3Cl3FIN2. The van der Waals surface area contributed by atoms with Gasteiger partial charge in [0.1, 0.15) is 0 Å². The normalized spacial score (nSPS) is 11.8. The number of aromatic nitrogens is 2. The van der Waals surface area contributed by atoms with E-state index in [1.54, 1.807) is 29.5 Å². The van der Waals surface area contributed by atoms with E-state index in [1.165, 1.54) is 0 Å². The molecule has 1 aromatic heterocycles. The molecule has 0 saturated heterocycles. The fourth-order valence-corrected chi connectivity index (χ4v) is 1.15. The van der Waals surface area contributed by atoms with Crippen LogP contribution in [0.25, 0.3) is 0 Å². The van der Waals surface area contributed by atoms with Crippen molar-refractivity contribution in [1.82, 2.24) is 9.97 Å². The summed E-state index contributed by atoms with van der Waals surface area (Å²) < 4.78 is 11.6. The molecule has 0 spiro atoms. The predicted molar refractivity (Wildman–Crippen MR) is 58.7 cm³/mol. The summed E-state index contributed by atoms with van der Waals surface area (Å²) in [6, 6.07) is 0. The number of alkyl halides is 3. The standard InChI is InChI=1S/C6H3Cl3FIN2/c1-2-3(11)4(10)13-5(12-2)6(7,8)9/h1H3. The number of aryl methyl sites for hydroxylation is 1. The molecule has 2 nitrogen and oxygen atoms in total. The predicted octanol–water partition coefficient (Wildman–Crippen LogP) is 3.36. The zero-order valence-electron chi connectivity index (χ0n) is 6.28. The van der Waals surface area contributed by atoms with E-state index in [4.69, 9.17) is 34.8 Å². The first-order valence-corrected chi connectivity index (χ1v) is 5.30. The lowest BCUT2D eigenvalue weighted by Crippen LogP contribution is -2.11. The average Bonchev–Trinajstić information content (AvgIpc) is 1.97. The number of rotatable bonds is 0. The SMILES string of the molecule is Cc1nc(C(Cl)(Cl)Cl)nc(F)c1I. The quantitative estimate of drug-likeness (QED) is 0.405. The highest BCUT2D eigenvalue weighted by molar-refractivity contribution is 14.1. The van der Waals surface area contributed by atoms with Crippen molar-refractivity contribution in [3.05, 3.63) is 21.0 Å². The molecule has 0 fully saturated rings. The minimum Gasteiger partial charge on any atom is -0.233 e. The van der Waals surface area contributed by atoms with Gasteiger partial charge in [-0.05, 0) is 29.5 Å². The van der Waals surface area contributed by atoms with E-state index in [0.717, 1.165) is 0 Å². The molecule has 0 amide bonds. The van der Waals surface area contributed by atoms with Crippen LogP contribution in [0.3, 0.4) is 0 Å². The van der Waals surface area contributed by atoms with E-state index >= 15 is 0 Å². The molecule has 13 heavy (non-hydrogen) atoms. The van der Waals surface area contributed by atoms with Crippen molar-refractivity contribution in [2.45, 2.75) is 10.7 Å². The molecule has 72 valence electrons. The fourth-order valence-electron chi connectivity index (χ4n) is 0.651. The number of hydrogen-bond donors (Lipinski definition) is 0. The second kappa shape index (κ2) is 4.00. The molecule has 0 atom stereocenters. The van der Waals surface area contributed by atoms with Crippen molar-refractivity contribution >= 4 is 57.4 Å². The second-order valence-electron chi connectivity index (χ2n) is 2.24. The van der Waals surface area contributed by atoms with Gasteiger partial charge in [-0.15, -0.1) is 0 Å². The summed E-state index contributed by atoms with van der Waals surface area (Å²) in [6.45, 7) is 1.62. The van der Waals surface area contributed by atoms with Crippen LogP contribution in [-0.4, -0.2) is 9.97 Å². The van der Waals surface area contributed by atoms with Gasteiger partial charge in [0.2, 0.25) is 9.74 Å². The largest absolute Gasteiger partial charge is 0.250 e. The Morgan fingerprint density at radius 3 is 2.23 bits per heavy atom. The topological polar surface area (TPSA) is 25.8 Å². The maximum Gasteiger partial charge on any atom is 0.250 e. The third-order valence-electron chi connectivity index (χ3n) is 1.23. The Balaban J connectivity index is 3.29. The Labute approximate surface area is 103 Å². The summed E-state index contributed by atoms with van der Waals surface area (Å²) in [7, 11) is 0. The van der Waals surface area contributed by atoms with Gasteiger partial charge in [-0.1, -0.05) is 34.8 Å². The molecule has 0 radical (unpaired) electrons. The second-order valence-corrected chi connectivity index (χ2v) is 5.60. The Hall–Kier alpha value is 0.610. The fraction of sp³-hybridized carbons (Fsp3) is 0.333. The van der Waals surface area contributed by atoms with Gasteiger partial charge in [0.25, 0.3) is 0 Å². The molecule has 1 aromatic rings. The van der Waals surface area contributed by atoms with Gasteiger partial charge in [0.15, 0.2) is 5.82 Å². The first kappa shape index (κ1) is 11.7. The molecule has 0 aliphatic rings. The number of nitrogens with zero attached hydrogens (tertiary/aromatic N) is 2. The molecule has 7 heteroatoms. The first-order valence-electron chi connectivity index (χ1n) is 3.09. The van der Waals surface area contributed by atoms with E-state index in [9.17, 15) is 4.39 Å². The van der Waals surface area contributed by atoms with Gasteiger partial charge in [0, 0.05) is 0 Å². The van der Waals surface area contributed by atoms with E-state index in [2.05, 4.69) is 9.97 Å². The number of hydrogen-bond acceptors (Lipinski definition) is 2. The molecule has 1 rings (SSSR count). The van der Waals surface area contributed by atoms with Gasteiger partial charge in [-0.2, -0.15) is 9.37 Å². The lowest BCUT2D eigenvalue weighted by Gasteiger charge is -2.10. The summed E-state index contributed by atoms with van der Waals surface area (Å²) in [5.41, 5.74) is 0.453. The van der Waals surface area contributed by atoms with Crippen LogP contribution in [0.5, 0.6) is 0 Å². The molecule has 0 bridgehead atoms. The van der Waals surface area contributed by atoms with Crippen molar-refractivity contribution in [3.8, 4) is 0 Å². The van der Waals surface area contributed by atoms with Gasteiger partial charge in [-0.25, -0.2) is 4.98 Å². The summed E-state index contributed by atoms with van der Waals surface area (Å²) in [5.74, 6) is -0.817. The van der Waals surface area contributed by atoms with Crippen molar-refractivity contribution in [1.29, 1.82) is 0 Å². The highest BCUT2D eigenvalue weighted by atomic mass is 127. The molecule has 0 aliphatic carbocycles. The molecule has 0 aliphatic heterocycles. The third-order valence-corrected chi connectivity index (χ3v) is 2.96. The van der Waals surface area contributed by atoms with E-state index < -0.39 is 9.74 Å². The van der Waals surface area contributed by atoms with Crippen LogP contribution in [0.1, 0.15) is 11.5 Å². The van der Waals surface area contributed by atoms with Crippen molar-refractivity contribution < 1.29 is 4.39 Å². The zero-order valence-corrected chi connectivity index (χ0v) is 10.7. The molecule has 1 heterocycles. The summed E-state index contributed by atoms with van der Waals surface area (Å²) >= 11 is 18.3. The summed E-state index contributed by atoms with van der Waals surface area (Å²) in [5, 5.41) is 0. The smallest absolute Gasteiger partial charge is 0.233 e. The molecule has 0 unspecified atom stereocenters. The van der Waals surface area contributed by atoms with Crippen molar-refractivity contribution in [3.63, 3.8) is 0 Å². The number of halogens is 5. The van der Waals surface area contributed by atoms with Gasteiger partial charge < -0.3 is 0 Å². The maximum atomic E-state index is 13.0. The first-order chi connectivity index (χ1) is 5.82. The Morgan fingerprint density at radius 1 is 1.31 bits per heavy atom. The van der Waals surface area contributed by atoms with Crippen molar-refractivity contribution in [2.24, 2.45) is 0 Å². The molecular weight excluding hydrogens is 352 g/mol. The third kappa shape index (κ3) is 2.78. The Kier molecular flexibility index (Phi) is 3.60. The van der Waals surface area contributed by atoms with Crippen LogP contribution in [0.2, 0.25) is 0 Å². The van der Waals surface area contributed by atoms with Gasteiger partial charge >= 0.3 is 0 Å².